The number of fused-ring (bicyclic) bond motifs is 1. The summed E-state index contributed by atoms with van der Waals surface area (Å²) in [5.74, 6) is 0.774. The molecule has 2 heterocycles. The maximum Gasteiger partial charge on any atom is 0.209 e. The molecule has 0 aliphatic carbocycles. The summed E-state index contributed by atoms with van der Waals surface area (Å²) in [5.41, 5.74) is 8.17. The van der Waals surface area contributed by atoms with Gasteiger partial charge in [0.2, 0.25) is 5.89 Å². The number of rotatable bonds is 4. The van der Waals surface area contributed by atoms with Crippen LogP contribution in [-0.2, 0) is 6.54 Å². The summed E-state index contributed by atoms with van der Waals surface area (Å²) in [4.78, 5) is 9.41. The van der Waals surface area contributed by atoms with E-state index in [-0.39, 0.29) is 0 Å². The molecule has 21 heavy (non-hydrogen) atoms. The number of piperidine rings is 1. The predicted molar refractivity (Wildman–Crippen MR) is 85.0 cm³/mol. The Kier molecular flexibility index (Phi) is 4.12. The predicted octanol–water partition coefficient (Wildman–Crippen LogP) is 2.33. The van der Waals surface area contributed by atoms with Crippen LogP contribution in [0.2, 0.25) is 0 Å². The van der Waals surface area contributed by atoms with Gasteiger partial charge in [0.05, 0.1) is 6.54 Å². The Morgan fingerprint density at radius 2 is 2.14 bits per heavy atom. The van der Waals surface area contributed by atoms with Crippen LogP contribution < -0.4 is 5.73 Å². The Hall–Kier alpha value is -1.59. The lowest BCUT2D eigenvalue weighted by Gasteiger charge is -2.35. The molecule has 114 valence electrons. The van der Waals surface area contributed by atoms with E-state index in [4.69, 9.17) is 10.2 Å². The molecule has 3 rings (SSSR count). The van der Waals surface area contributed by atoms with Crippen molar-refractivity contribution in [2.45, 2.75) is 32.4 Å². The Bertz CT molecular complexity index is 601. The van der Waals surface area contributed by atoms with Crippen LogP contribution in [0.25, 0.3) is 11.1 Å². The monoisotopic (exact) mass is 288 g/mol. The van der Waals surface area contributed by atoms with Gasteiger partial charge >= 0.3 is 0 Å². The highest BCUT2D eigenvalue weighted by atomic mass is 16.3. The van der Waals surface area contributed by atoms with Gasteiger partial charge in [-0.15, -0.1) is 0 Å². The van der Waals surface area contributed by atoms with Crippen molar-refractivity contribution in [1.82, 2.24) is 14.8 Å². The Morgan fingerprint density at radius 1 is 1.38 bits per heavy atom. The quantitative estimate of drug-likeness (QED) is 0.875. The molecule has 0 amide bonds. The normalized spacial score (nSPS) is 17.9. The SMILES string of the molecule is CCN1CCC(N(C)Cc2nc3cc(N)ccc3o2)CC1. The number of benzene rings is 1. The number of nitrogens with zero attached hydrogens (tertiary/aromatic N) is 3. The van der Waals surface area contributed by atoms with E-state index in [1.807, 2.05) is 18.2 Å². The number of anilines is 1. The molecule has 1 fully saturated rings. The van der Waals surface area contributed by atoms with E-state index in [9.17, 15) is 0 Å². The minimum absolute atomic E-state index is 0.618. The lowest BCUT2D eigenvalue weighted by Crippen LogP contribution is -2.42. The maximum atomic E-state index is 5.81. The Balaban J connectivity index is 1.64. The van der Waals surface area contributed by atoms with Crippen LogP contribution in [-0.4, -0.2) is 47.5 Å². The number of nitrogen functional groups attached to an aromatic ring is 1. The molecule has 0 saturated carbocycles. The third-order valence-electron chi connectivity index (χ3n) is 4.47. The van der Waals surface area contributed by atoms with E-state index in [1.165, 1.54) is 25.9 Å². The van der Waals surface area contributed by atoms with Gasteiger partial charge in [0, 0.05) is 11.7 Å². The van der Waals surface area contributed by atoms with Crippen molar-refractivity contribution < 1.29 is 4.42 Å². The molecule has 1 saturated heterocycles. The third-order valence-corrected chi connectivity index (χ3v) is 4.47. The number of hydrogen-bond acceptors (Lipinski definition) is 5. The zero-order valence-corrected chi connectivity index (χ0v) is 12.9. The first-order valence-corrected chi connectivity index (χ1v) is 7.73. The summed E-state index contributed by atoms with van der Waals surface area (Å²) in [5, 5.41) is 0. The van der Waals surface area contributed by atoms with Gasteiger partial charge in [-0.05, 0) is 57.7 Å². The first-order chi connectivity index (χ1) is 10.2. The van der Waals surface area contributed by atoms with Gasteiger partial charge in [0.1, 0.15) is 5.52 Å². The van der Waals surface area contributed by atoms with E-state index >= 15 is 0 Å². The first kappa shape index (κ1) is 14.4. The van der Waals surface area contributed by atoms with E-state index in [1.54, 1.807) is 0 Å². The Morgan fingerprint density at radius 3 is 2.86 bits per heavy atom. The molecule has 2 N–H and O–H groups in total. The third kappa shape index (κ3) is 3.19. The fraction of sp³-hybridized carbons (Fsp3) is 0.562. The molecule has 1 aromatic heterocycles. The highest BCUT2D eigenvalue weighted by Gasteiger charge is 2.22. The standard InChI is InChI=1S/C16H24N4O/c1-3-20-8-6-13(7-9-20)19(2)11-16-18-14-10-12(17)4-5-15(14)21-16/h4-5,10,13H,3,6-9,11,17H2,1-2H3. The van der Waals surface area contributed by atoms with Crippen LogP contribution in [0.5, 0.6) is 0 Å². The summed E-state index contributed by atoms with van der Waals surface area (Å²) < 4.78 is 5.81. The number of hydrogen-bond donors (Lipinski definition) is 1. The van der Waals surface area contributed by atoms with E-state index in [0.717, 1.165) is 35.8 Å². The molecule has 0 unspecified atom stereocenters. The maximum absolute atomic E-state index is 5.81. The molecule has 5 heteroatoms. The van der Waals surface area contributed by atoms with Crippen molar-refractivity contribution in [3.05, 3.63) is 24.1 Å². The second-order valence-corrected chi connectivity index (χ2v) is 5.92. The van der Waals surface area contributed by atoms with Gasteiger partial charge in [-0.25, -0.2) is 4.98 Å². The number of likely N-dealkylation sites (tertiary alicyclic amines) is 1. The van der Waals surface area contributed by atoms with Crippen molar-refractivity contribution in [2.24, 2.45) is 0 Å². The zero-order chi connectivity index (χ0) is 14.8. The van der Waals surface area contributed by atoms with Gasteiger partial charge < -0.3 is 15.1 Å². The summed E-state index contributed by atoms with van der Waals surface area (Å²) in [7, 11) is 2.16. The molecule has 1 aromatic carbocycles. The van der Waals surface area contributed by atoms with Crippen LogP contribution >= 0.6 is 0 Å². The molecule has 0 spiro atoms. The van der Waals surface area contributed by atoms with Gasteiger partial charge in [-0.3, -0.25) is 4.90 Å². The van der Waals surface area contributed by atoms with E-state index in [2.05, 4.69) is 28.8 Å². The molecule has 1 aliphatic heterocycles. The van der Waals surface area contributed by atoms with Crippen molar-refractivity contribution in [3.63, 3.8) is 0 Å². The fourth-order valence-corrected chi connectivity index (χ4v) is 3.08. The Labute approximate surface area is 125 Å². The first-order valence-electron chi connectivity index (χ1n) is 7.73. The van der Waals surface area contributed by atoms with E-state index < -0.39 is 0 Å². The minimum Gasteiger partial charge on any atom is -0.439 e. The smallest absolute Gasteiger partial charge is 0.209 e. The molecule has 2 aromatic rings. The topological polar surface area (TPSA) is 58.5 Å². The minimum atomic E-state index is 0.618. The highest BCUT2D eigenvalue weighted by molar-refractivity contribution is 5.76. The second kappa shape index (κ2) is 6.03. The van der Waals surface area contributed by atoms with Gasteiger partial charge in [-0.2, -0.15) is 0 Å². The molecule has 0 bridgehead atoms. The van der Waals surface area contributed by atoms with Crippen molar-refractivity contribution in [3.8, 4) is 0 Å². The largest absolute Gasteiger partial charge is 0.439 e. The molecule has 0 radical (unpaired) electrons. The van der Waals surface area contributed by atoms with Crippen molar-refractivity contribution in [2.75, 3.05) is 32.4 Å². The summed E-state index contributed by atoms with van der Waals surface area (Å²) in [6.45, 7) is 6.52. The van der Waals surface area contributed by atoms with Gasteiger partial charge in [0.15, 0.2) is 5.58 Å². The fourth-order valence-electron chi connectivity index (χ4n) is 3.08. The van der Waals surface area contributed by atoms with Crippen LogP contribution in [0, 0.1) is 0 Å². The highest BCUT2D eigenvalue weighted by Crippen LogP contribution is 2.21. The number of aromatic nitrogens is 1. The molecule has 0 atom stereocenters. The number of nitrogens with two attached hydrogens (primary N) is 1. The lowest BCUT2D eigenvalue weighted by atomic mass is 10.0. The lowest BCUT2D eigenvalue weighted by molar-refractivity contribution is 0.120. The average molecular weight is 288 g/mol. The summed E-state index contributed by atoms with van der Waals surface area (Å²) >= 11 is 0. The summed E-state index contributed by atoms with van der Waals surface area (Å²) in [6, 6.07) is 6.22. The molecule has 5 nitrogen and oxygen atoms in total. The zero-order valence-electron chi connectivity index (χ0n) is 12.9. The summed E-state index contributed by atoms with van der Waals surface area (Å²) in [6.07, 6.45) is 2.44. The van der Waals surface area contributed by atoms with Crippen LogP contribution in [0.15, 0.2) is 22.6 Å². The second-order valence-electron chi connectivity index (χ2n) is 5.92. The number of oxazole rings is 1. The van der Waals surface area contributed by atoms with Crippen molar-refractivity contribution >= 4 is 16.8 Å². The molecule has 1 aliphatic rings. The van der Waals surface area contributed by atoms with Gasteiger partial charge in [-0.1, -0.05) is 6.92 Å². The van der Waals surface area contributed by atoms with Crippen molar-refractivity contribution in [1.29, 1.82) is 0 Å². The van der Waals surface area contributed by atoms with Crippen LogP contribution in [0.1, 0.15) is 25.7 Å². The molecular formula is C16H24N4O. The van der Waals surface area contributed by atoms with Crippen LogP contribution in [0.3, 0.4) is 0 Å². The van der Waals surface area contributed by atoms with Gasteiger partial charge in [0.25, 0.3) is 0 Å². The van der Waals surface area contributed by atoms with E-state index in [0.29, 0.717) is 6.04 Å². The average Bonchev–Trinajstić information content (AvgIpc) is 2.88. The molecular weight excluding hydrogens is 264 g/mol. The van der Waals surface area contributed by atoms with Crippen LogP contribution in [0.4, 0.5) is 5.69 Å².